The number of carbonyl (C=O) groups is 2. The fourth-order valence-electron chi connectivity index (χ4n) is 5.05. The van der Waals surface area contributed by atoms with Crippen LogP contribution in [0.2, 0.25) is 0 Å². The summed E-state index contributed by atoms with van der Waals surface area (Å²) in [6.45, 7) is 3.47. The van der Waals surface area contributed by atoms with Gasteiger partial charge in [-0.25, -0.2) is 0 Å². The number of hydrogen-bond donors (Lipinski definition) is 0. The van der Waals surface area contributed by atoms with Crippen LogP contribution >= 0.6 is 0 Å². The molecule has 0 aromatic carbocycles. The molecule has 0 unspecified atom stereocenters. The van der Waals surface area contributed by atoms with Crippen LogP contribution < -0.4 is 0 Å². The average Bonchev–Trinajstić information content (AvgIpc) is 3.00. The van der Waals surface area contributed by atoms with Crippen LogP contribution in [0.5, 0.6) is 0 Å². The Kier molecular flexibility index (Phi) is 4.89. The van der Waals surface area contributed by atoms with E-state index in [1.807, 2.05) is 4.90 Å². The van der Waals surface area contributed by atoms with Gasteiger partial charge >= 0.3 is 0 Å². The predicted octanol–water partition coefficient (Wildman–Crippen LogP) is 3.95. The van der Waals surface area contributed by atoms with E-state index >= 15 is 0 Å². The number of likely N-dealkylation sites (tertiary alicyclic amines) is 1. The third-order valence-corrected chi connectivity index (χ3v) is 6.40. The molecule has 0 aromatic rings. The summed E-state index contributed by atoms with van der Waals surface area (Å²) < 4.78 is 0. The largest absolute Gasteiger partial charge is 0.341 e. The smallest absolute Gasteiger partial charge is 0.225 e. The molecule has 0 N–H and O–H groups in total. The topological polar surface area (TPSA) is 37.4 Å². The van der Waals surface area contributed by atoms with E-state index in [0.717, 1.165) is 38.0 Å². The molecule has 1 aliphatic heterocycles. The molecule has 3 aliphatic rings. The van der Waals surface area contributed by atoms with Crippen molar-refractivity contribution in [1.82, 2.24) is 4.90 Å². The van der Waals surface area contributed by atoms with E-state index in [9.17, 15) is 9.59 Å². The van der Waals surface area contributed by atoms with Crippen molar-refractivity contribution in [2.45, 2.75) is 77.6 Å². The highest BCUT2D eigenvalue weighted by atomic mass is 16.2. The van der Waals surface area contributed by atoms with Crippen molar-refractivity contribution in [2.75, 3.05) is 13.1 Å². The van der Waals surface area contributed by atoms with Crippen molar-refractivity contribution >= 4 is 11.7 Å². The van der Waals surface area contributed by atoms with Crippen LogP contribution in [0.3, 0.4) is 0 Å². The second kappa shape index (κ2) is 6.72. The SMILES string of the molecule is C[C@H](CC1CCCCC1)C(=O)N1CCC(=O)C2(CCCC2)C1. The molecule has 3 rings (SSSR count). The second-order valence-electron chi connectivity index (χ2n) is 8.06. The molecule has 1 saturated heterocycles. The molecule has 1 heterocycles. The lowest BCUT2D eigenvalue weighted by atomic mass is 9.76. The Bertz CT molecular complexity index is 419. The normalized spacial score (nSPS) is 27.3. The lowest BCUT2D eigenvalue weighted by Gasteiger charge is -2.40. The van der Waals surface area contributed by atoms with Crippen molar-refractivity contribution in [1.29, 1.82) is 0 Å². The summed E-state index contributed by atoms with van der Waals surface area (Å²) in [7, 11) is 0. The number of hydrogen-bond acceptors (Lipinski definition) is 2. The molecule has 124 valence electrons. The van der Waals surface area contributed by atoms with Crippen LogP contribution in [0.1, 0.15) is 77.6 Å². The first kappa shape index (κ1) is 16.0. The quantitative estimate of drug-likeness (QED) is 0.791. The summed E-state index contributed by atoms with van der Waals surface area (Å²) in [6.07, 6.45) is 12.6. The van der Waals surface area contributed by atoms with E-state index in [4.69, 9.17) is 0 Å². The summed E-state index contributed by atoms with van der Waals surface area (Å²) in [5.74, 6) is 1.62. The molecule has 0 radical (unpaired) electrons. The number of carbonyl (C=O) groups excluding carboxylic acids is 2. The summed E-state index contributed by atoms with van der Waals surface area (Å²) in [5, 5.41) is 0. The second-order valence-corrected chi connectivity index (χ2v) is 8.06. The monoisotopic (exact) mass is 305 g/mol. The van der Waals surface area contributed by atoms with Crippen molar-refractivity contribution < 1.29 is 9.59 Å². The molecule has 2 saturated carbocycles. The number of ketones is 1. The van der Waals surface area contributed by atoms with Gasteiger partial charge in [0.1, 0.15) is 5.78 Å². The molecule has 3 nitrogen and oxygen atoms in total. The minimum atomic E-state index is -0.168. The van der Waals surface area contributed by atoms with Crippen LogP contribution in [-0.4, -0.2) is 29.7 Å². The fourth-order valence-corrected chi connectivity index (χ4v) is 5.05. The Morgan fingerprint density at radius 3 is 2.55 bits per heavy atom. The average molecular weight is 305 g/mol. The van der Waals surface area contributed by atoms with Gasteiger partial charge in [0, 0.05) is 30.8 Å². The van der Waals surface area contributed by atoms with Crippen LogP contribution in [0.15, 0.2) is 0 Å². The molecule has 1 atom stereocenters. The molecule has 1 spiro atoms. The van der Waals surface area contributed by atoms with Gasteiger partial charge in [-0.3, -0.25) is 9.59 Å². The van der Waals surface area contributed by atoms with Gasteiger partial charge in [-0.15, -0.1) is 0 Å². The van der Waals surface area contributed by atoms with Gasteiger partial charge in [0.15, 0.2) is 0 Å². The van der Waals surface area contributed by atoms with Gasteiger partial charge in [-0.2, -0.15) is 0 Å². The minimum absolute atomic E-state index is 0.134. The van der Waals surface area contributed by atoms with E-state index in [0.29, 0.717) is 31.2 Å². The molecule has 2 aliphatic carbocycles. The number of Topliss-reactive ketones (excluding diaryl/α,β-unsaturated/α-hetero) is 1. The molecule has 22 heavy (non-hydrogen) atoms. The zero-order chi connectivity index (χ0) is 15.6. The molecular weight excluding hydrogens is 274 g/mol. The number of nitrogens with zero attached hydrogens (tertiary/aromatic N) is 1. The first-order valence-electron chi connectivity index (χ1n) is 9.43. The van der Waals surface area contributed by atoms with Gasteiger partial charge in [-0.05, 0) is 25.2 Å². The van der Waals surface area contributed by atoms with Gasteiger partial charge in [0.25, 0.3) is 0 Å². The Hall–Kier alpha value is -0.860. The maximum Gasteiger partial charge on any atom is 0.225 e. The molecule has 3 fully saturated rings. The van der Waals surface area contributed by atoms with Crippen LogP contribution in [0.4, 0.5) is 0 Å². The zero-order valence-electron chi connectivity index (χ0n) is 14.1. The summed E-state index contributed by atoms with van der Waals surface area (Å²) >= 11 is 0. The molecule has 3 heteroatoms. The maximum atomic E-state index is 12.8. The maximum absolute atomic E-state index is 12.8. The summed E-state index contributed by atoms with van der Waals surface area (Å²) in [4.78, 5) is 27.2. The Morgan fingerprint density at radius 1 is 1.18 bits per heavy atom. The number of amides is 1. The summed E-state index contributed by atoms with van der Waals surface area (Å²) in [6, 6.07) is 0. The van der Waals surface area contributed by atoms with Gasteiger partial charge < -0.3 is 4.90 Å². The molecule has 0 aromatic heterocycles. The van der Waals surface area contributed by atoms with Gasteiger partial charge in [-0.1, -0.05) is 51.9 Å². The lowest BCUT2D eigenvalue weighted by molar-refractivity contribution is -0.145. The molecule has 1 amide bonds. The highest BCUT2D eigenvalue weighted by Gasteiger charge is 2.45. The zero-order valence-corrected chi connectivity index (χ0v) is 14.1. The number of rotatable bonds is 3. The number of piperidine rings is 1. The first-order chi connectivity index (χ1) is 10.6. The Labute approximate surface area is 134 Å². The highest BCUT2D eigenvalue weighted by Crippen LogP contribution is 2.43. The Balaban J connectivity index is 1.58. The standard InChI is InChI=1S/C19H31NO2/c1-15(13-16-7-3-2-4-8-16)18(22)20-12-9-17(21)19(14-20)10-5-6-11-19/h15-16H,2-14H2,1H3/t15-/m1/s1. The third kappa shape index (κ3) is 3.23. The van der Waals surface area contributed by atoms with Crippen LogP contribution in [-0.2, 0) is 9.59 Å². The van der Waals surface area contributed by atoms with Crippen molar-refractivity contribution in [3.8, 4) is 0 Å². The molecular formula is C19H31NO2. The Morgan fingerprint density at radius 2 is 1.86 bits per heavy atom. The van der Waals surface area contributed by atoms with Crippen molar-refractivity contribution in [3.63, 3.8) is 0 Å². The van der Waals surface area contributed by atoms with Crippen molar-refractivity contribution in [3.05, 3.63) is 0 Å². The summed E-state index contributed by atoms with van der Waals surface area (Å²) in [5.41, 5.74) is -0.168. The van der Waals surface area contributed by atoms with Gasteiger partial charge in [0.05, 0.1) is 0 Å². The van der Waals surface area contributed by atoms with E-state index < -0.39 is 0 Å². The highest BCUT2D eigenvalue weighted by molar-refractivity contribution is 5.89. The van der Waals surface area contributed by atoms with E-state index in [1.54, 1.807) is 0 Å². The third-order valence-electron chi connectivity index (χ3n) is 6.40. The minimum Gasteiger partial charge on any atom is -0.341 e. The van der Waals surface area contributed by atoms with Crippen molar-refractivity contribution in [2.24, 2.45) is 17.3 Å². The first-order valence-corrected chi connectivity index (χ1v) is 9.43. The lowest BCUT2D eigenvalue weighted by Crippen LogP contribution is -2.51. The predicted molar refractivity (Wildman–Crippen MR) is 87.5 cm³/mol. The van der Waals surface area contributed by atoms with Crippen LogP contribution in [0, 0.1) is 17.3 Å². The van der Waals surface area contributed by atoms with Gasteiger partial charge in [0.2, 0.25) is 5.91 Å². The van der Waals surface area contributed by atoms with Crippen LogP contribution in [0.25, 0.3) is 0 Å². The molecule has 0 bridgehead atoms. The fraction of sp³-hybridized carbons (Fsp3) is 0.895. The van der Waals surface area contributed by atoms with E-state index in [2.05, 4.69) is 6.92 Å². The van der Waals surface area contributed by atoms with E-state index in [-0.39, 0.29) is 11.3 Å². The van der Waals surface area contributed by atoms with E-state index in [1.165, 1.54) is 32.1 Å².